The lowest BCUT2D eigenvalue weighted by atomic mass is 10.1. The smallest absolute Gasteiger partial charge is 0.262 e. The van der Waals surface area contributed by atoms with Crippen LogP contribution in [0.3, 0.4) is 0 Å². The molecule has 0 aliphatic heterocycles. The molecule has 0 fully saturated rings. The molecule has 0 radical (unpaired) electrons. The van der Waals surface area contributed by atoms with Crippen molar-refractivity contribution in [2.45, 2.75) is 13.8 Å². The zero-order valence-electron chi connectivity index (χ0n) is 13.6. The standard InChI is InChI=1S/C18H18N4O2/c1-13-7-8-14(2)17(9-13)24-10-18(23)21-15-5-3-4-6-16(15)22-12-19-11-20-22/h3-9,11-12H,10H2,1-2H3,(H,21,23). The van der Waals surface area contributed by atoms with Gasteiger partial charge in [0.05, 0.1) is 11.4 Å². The predicted molar refractivity (Wildman–Crippen MR) is 91.4 cm³/mol. The molecular formula is C18H18N4O2. The Kier molecular flexibility index (Phi) is 4.56. The molecule has 1 N–H and O–H groups in total. The van der Waals surface area contributed by atoms with Crippen LogP contribution in [0.4, 0.5) is 5.69 Å². The number of aromatic nitrogens is 3. The summed E-state index contributed by atoms with van der Waals surface area (Å²) in [6, 6.07) is 13.3. The fourth-order valence-corrected chi connectivity index (χ4v) is 2.30. The topological polar surface area (TPSA) is 69.0 Å². The fraction of sp³-hybridized carbons (Fsp3) is 0.167. The zero-order valence-corrected chi connectivity index (χ0v) is 13.6. The van der Waals surface area contributed by atoms with E-state index in [2.05, 4.69) is 15.4 Å². The monoisotopic (exact) mass is 322 g/mol. The molecule has 6 nitrogen and oxygen atoms in total. The summed E-state index contributed by atoms with van der Waals surface area (Å²) in [6.07, 6.45) is 3.03. The highest BCUT2D eigenvalue weighted by Crippen LogP contribution is 2.20. The van der Waals surface area contributed by atoms with Crippen molar-refractivity contribution in [3.05, 3.63) is 66.2 Å². The van der Waals surface area contributed by atoms with Crippen LogP contribution in [0.15, 0.2) is 55.1 Å². The Bertz CT molecular complexity index is 844. The number of rotatable bonds is 5. The van der Waals surface area contributed by atoms with E-state index in [1.807, 2.05) is 56.3 Å². The first-order valence-corrected chi connectivity index (χ1v) is 7.57. The van der Waals surface area contributed by atoms with E-state index >= 15 is 0 Å². The summed E-state index contributed by atoms with van der Waals surface area (Å²) in [5.74, 6) is 0.484. The molecule has 122 valence electrons. The van der Waals surface area contributed by atoms with E-state index < -0.39 is 0 Å². The molecule has 0 atom stereocenters. The molecule has 1 amide bonds. The van der Waals surface area contributed by atoms with E-state index in [1.54, 1.807) is 11.0 Å². The summed E-state index contributed by atoms with van der Waals surface area (Å²) in [5.41, 5.74) is 3.48. The number of amides is 1. The lowest BCUT2D eigenvalue weighted by molar-refractivity contribution is -0.118. The van der Waals surface area contributed by atoms with Crippen molar-refractivity contribution in [3.8, 4) is 11.4 Å². The van der Waals surface area contributed by atoms with Crippen molar-refractivity contribution in [1.82, 2.24) is 14.8 Å². The Morgan fingerprint density at radius 3 is 2.83 bits per heavy atom. The molecule has 24 heavy (non-hydrogen) atoms. The quantitative estimate of drug-likeness (QED) is 0.784. The molecule has 3 rings (SSSR count). The molecule has 6 heteroatoms. The number of carbonyl (C=O) groups excluding carboxylic acids is 1. The van der Waals surface area contributed by atoms with Crippen molar-refractivity contribution in [1.29, 1.82) is 0 Å². The normalized spacial score (nSPS) is 10.4. The van der Waals surface area contributed by atoms with Gasteiger partial charge in [-0.25, -0.2) is 9.67 Å². The summed E-state index contributed by atoms with van der Waals surface area (Å²) in [7, 11) is 0. The fourth-order valence-electron chi connectivity index (χ4n) is 2.30. The Morgan fingerprint density at radius 2 is 2.04 bits per heavy atom. The average molecular weight is 322 g/mol. The van der Waals surface area contributed by atoms with Crippen LogP contribution in [-0.2, 0) is 4.79 Å². The Morgan fingerprint density at radius 1 is 1.21 bits per heavy atom. The highest BCUT2D eigenvalue weighted by atomic mass is 16.5. The van der Waals surface area contributed by atoms with Gasteiger partial charge in [0, 0.05) is 0 Å². The van der Waals surface area contributed by atoms with Gasteiger partial charge in [0.15, 0.2) is 6.61 Å². The summed E-state index contributed by atoms with van der Waals surface area (Å²) in [6.45, 7) is 3.88. The second-order valence-electron chi connectivity index (χ2n) is 5.46. The van der Waals surface area contributed by atoms with Crippen molar-refractivity contribution in [2.24, 2.45) is 0 Å². The summed E-state index contributed by atoms with van der Waals surface area (Å²) >= 11 is 0. The largest absolute Gasteiger partial charge is 0.483 e. The lowest BCUT2D eigenvalue weighted by Gasteiger charge is -2.12. The molecule has 0 unspecified atom stereocenters. The second kappa shape index (κ2) is 6.95. The predicted octanol–water partition coefficient (Wildman–Crippen LogP) is 2.90. The molecular weight excluding hydrogens is 304 g/mol. The third kappa shape index (κ3) is 3.60. The summed E-state index contributed by atoms with van der Waals surface area (Å²) in [5, 5.41) is 6.94. The molecule has 0 spiro atoms. The van der Waals surface area contributed by atoms with E-state index in [-0.39, 0.29) is 12.5 Å². The average Bonchev–Trinajstić information content (AvgIpc) is 3.10. The van der Waals surface area contributed by atoms with Crippen LogP contribution in [-0.4, -0.2) is 27.3 Å². The number of anilines is 1. The minimum Gasteiger partial charge on any atom is -0.483 e. The number of aryl methyl sites for hydroxylation is 2. The Hall–Kier alpha value is -3.15. The molecule has 3 aromatic rings. The van der Waals surface area contributed by atoms with Gasteiger partial charge in [-0.2, -0.15) is 5.10 Å². The Balaban J connectivity index is 1.69. The maximum Gasteiger partial charge on any atom is 0.262 e. The van der Waals surface area contributed by atoms with Gasteiger partial charge in [-0.1, -0.05) is 24.3 Å². The molecule has 0 bridgehead atoms. The molecule has 0 aliphatic carbocycles. The zero-order chi connectivity index (χ0) is 16.9. The van der Waals surface area contributed by atoms with Crippen LogP contribution in [0.5, 0.6) is 5.75 Å². The van der Waals surface area contributed by atoms with Gasteiger partial charge >= 0.3 is 0 Å². The maximum atomic E-state index is 12.2. The van der Waals surface area contributed by atoms with Gasteiger partial charge in [0.25, 0.3) is 5.91 Å². The third-order valence-electron chi connectivity index (χ3n) is 3.55. The molecule has 1 aromatic heterocycles. The van der Waals surface area contributed by atoms with Gasteiger partial charge < -0.3 is 10.1 Å². The first kappa shape index (κ1) is 15.7. The number of hydrogen-bond acceptors (Lipinski definition) is 4. The Labute approximate surface area is 140 Å². The molecule has 2 aromatic carbocycles. The van der Waals surface area contributed by atoms with E-state index in [9.17, 15) is 4.79 Å². The van der Waals surface area contributed by atoms with Crippen LogP contribution in [0.25, 0.3) is 5.69 Å². The van der Waals surface area contributed by atoms with Crippen LogP contribution in [0.2, 0.25) is 0 Å². The molecule has 1 heterocycles. The highest BCUT2D eigenvalue weighted by Gasteiger charge is 2.10. The number of hydrogen-bond donors (Lipinski definition) is 1. The summed E-state index contributed by atoms with van der Waals surface area (Å²) < 4.78 is 7.23. The first-order valence-electron chi connectivity index (χ1n) is 7.57. The van der Waals surface area contributed by atoms with Gasteiger partial charge in [-0.05, 0) is 43.2 Å². The number of ether oxygens (including phenoxy) is 1. The van der Waals surface area contributed by atoms with Gasteiger partial charge in [-0.3, -0.25) is 4.79 Å². The minimum atomic E-state index is -0.233. The minimum absolute atomic E-state index is 0.0595. The number of nitrogens with zero attached hydrogens (tertiary/aromatic N) is 3. The third-order valence-corrected chi connectivity index (χ3v) is 3.55. The van der Waals surface area contributed by atoms with Crippen LogP contribution >= 0.6 is 0 Å². The maximum absolute atomic E-state index is 12.2. The van der Waals surface area contributed by atoms with Crippen LogP contribution in [0, 0.1) is 13.8 Å². The first-order chi connectivity index (χ1) is 11.6. The number of carbonyl (C=O) groups is 1. The summed E-state index contributed by atoms with van der Waals surface area (Å²) in [4.78, 5) is 16.1. The van der Waals surface area contributed by atoms with E-state index in [0.29, 0.717) is 5.69 Å². The molecule has 0 aliphatic rings. The highest BCUT2D eigenvalue weighted by molar-refractivity contribution is 5.93. The SMILES string of the molecule is Cc1ccc(C)c(OCC(=O)Nc2ccccc2-n2cncn2)c1. The van der Waals surface area contributed by atoms with Crippen molar-refractivity contribution in [2.75, 3.05) is 11.9 Å². The van der Waals surface area contributed by atoms with E-state index in [4.69, 9.17) is 4.74 Å². The van der Waals surface area contributed by atoms with Crippen molar-refractivity contribution in [3.63, 3.8) is 0 Å². The van der Waals surface area contributed by atoms with Gasteiger partial charge in [-0.15, -0.1) is 0 Å². The van der Waals surface area contributed by atoms with E-state index in [0.717, 1.165) is 22.6 Å². The van der Waals surface area contributed by atoms with Gasteiger partial charge in [0.1, 0.15) is 18.4 Å². The molecule has 0 saturated heterocycles. The number of benzene rings is 2. The van der Waals surface area contributed by atoms with Crippen molar-refractivity contribution < 1.29 is 9.53 Å². The second-order valence-corrected chi connectivity index (χ2v) is 5.46. The lowest BCUT2D eigenvalue weighted by Crippen LogP contribution is -2.21. The number of para-hydroxylation sites is 2. The van der Waals surface area contributed by atoms with Crippen LogP contribution < -0.4 is 10.1 Å². The van der Waals surface area contributed by atoms with Gasteiger partial charge in [0.2, 0.25) is 0 Å². The van der Waals surface area contributed by atoms with Crippen molar-refractivity contribution >= 4 is 11.6 Å². The van der Waals surface area contributed by atoms with Crippen LogP contribution in [0.1, 0.15) is 11.1 Å². The van der Waals surface area contributed by atoms with E-state index in [1.165, 1.54) is 6.33 Å². The number of nitrogens with one attached hydrogen (secondary N) is 1. The molecule has 0 saturated carbocycles.